The van der Waals surface area contributed by atoms with Crippen molar-refractivity contribution in [1.82, 2.24) is 4.98 Å². The second kappa shape index (κ2) is 6.19. The van der Waals surface area contributed by atoms with Gasteiger partial charge >= 0.3 is 0 Å². The van der Waals surface area contributed by atoms with E-state index in [1.54, 1.807) is 6.20 Å². The first-order chi connectivity index (χ1) is 7.16. The third kappa shape index (κ3) is 3.54. The number of anilines is 1. The number of alkyl halides is 1. The van der Waals surface area contributed by atoms with Gasteiger partial charge < -0.3 is 4.90 Å². The van der Waals surface area contributed by atoms with Gasteiger partial charge in [-0.05, 0) is 32.4 Å². The second-order valence-electron chi connectivity index (χ2n) is 3.64. The number of hydrogen-bond acceptors (Lipinski definition) is 2. The lowest BCUT2D eigenvalue weighted by Gasteiger charge is -2.28. The van der Waals surface area contributed by atoms with E-state index in [9.17, 15) is 0 Å². The van der Waals surface area contributed by atoms with E-state index in [-0.39, 0.29) is 0 Å². The summed E-state index contributed by atoms with van der Waals surface area (Å²) in [5, 5.41) is 0.695. The molecule has 0 saturated carbocycles. The highest BCUT2D eigenvalue weighted by Crippen LogP contribution is 2.24. The van der Waals surface area contributed by atoms with Gasteiger partial charge in [0.2, 0.25) is 0 Å². The first-order valence-corrected chi connectivity index (χ1v) is 6.01. The molecule has 1 aromatic rings. The molecule has 0 radical (unpaired) electrons. The molecule has 0 bridgehead atoms. The Morgan fingerprint density at radius 2 is 2.20 bits per heavy atom. The van der Waals surface area contributed by atoms with E-state index in [1.807, 2.05) is 12.1 Å². The Labute approximate surface area is 101 Å². The highest BCUT2D eigenvalue weighted by Gasteiger charge is 2.13. The van der Waals surface area contributed by atoms with Crippen LogP contribution in [0.25, 0.3) is 0 Å². The minimum atomic E-state index is 0.376. The third-order valence-electron chi connectivity index (χ3n) is 2.17. The van der Waals surface area contributed by atoms with E-state index in [1.165, 1.54) is 0 Å². The molecule has 0 spiro atoms. The zero-order valence-electron chi connectivity index (χ0n) is 9.08. The van der Waals surface area contributed by atoms with E-state index in [0.29, 0.717) is 16.9 Å². The minimum absolute atomic E-state index is 0.376. The number of aromatic nitrogens is 1. The fourth-order valence-corrected chi connectivity index (χ4v) is 1.78. The number of nitrogens with zero attached hydrogens (tertiary/aromatic N) is 2. The summed E-state index contributed by atoms with van der Waals surface area (Å²) in [6.45, 7) is 5.14. The molecule has 0 amide bonds. The number of rotatable bonds is 5. The Hall–Kier alpha value is -0.470. The maximum Gasteiger partial charge on any atom is 0.147 e. The fraction of sp³-hybridized carbons (Fsp3) is 0.545. The van der Waals surface area contributed by atoms with Crippen molar-refractivity contribution in [2.24, 2.45) is 0 Å². The van der Waals surface area contributed by atoms with E-state index in [0.717, 1.165) is 18.8 Å². The van der Waals surface area contributed by atoms with Gasteiger partial charge in [0.1, 0.15) is 5.82 Å². The molecular weight excluding hydrogens is 231 g/mol. The lowest BCUT2D eigenvalue weighted by atomic mass is 10.3. The summed E-state index contributed by atoms with van der Waals surface area (Å²) in [4.78, 5) is 6.48. The Balaban J connectivity index is 2.84. The average Bonchev–Trinajstić information content (AvgIpc) is 2.20. The molecule has 1 rings (SSSR count). The molecule has 0 fully saturated rings. The molecule has 0 unspecified atom stereocenters. The molecule has 15 heavy (non-hydrogen) atoms. The molecule has 0 N–H and O–H groups in total. The predicted octanol–water partition coefficient (Wildman–Crippen LogP) is 3.58. The van der Waals surface area contributed by atoms with Crippen LogP contribution in [-0.4, -0.2) is 23.5 Å². The summed E-state index contributed by atoms with van der Waals surface area (Å²) >= 11 is 11.8. The molecule has 4 heteroatoms. The van der Waals surface area contributed by atoms with Crippen molar-refractivity contribution in [2.75, 3.05) is 17.3 Å². The lowest BCUT2D eigenvalue weighted by molar-refractivity contribution is 0.664. The van der Waals surface area contributed by atoms with Crippen LogP contribution in [0.2, 0.25) is 5.02 Å². The summed E-state index contributed by atoms with van der Waals surface area (Å²) in [6.07, 6.45) is 2.70. The van der Waals surface area contributed by atoms with Crippen LogP contribution in [-0.2, 0) is 0 Å². The Bertz CT molecular complexity index is 302. The zero-order valence-corrected chi connectivity index (χ0v) is 10.6. The summed E-state index contributed by atoms with van der Waals surface area (Å²) < 4.78 is 0. The maximum absolute atomic E-state index is 6.10. The van der Waals surface area contributed by atoms with Crippen molar-refractivity contribution in [3.05, 3.63) is 23.4 Å². The van der Waals surface area contributed by atoms with Crippen molar-refractivity contribution in [3.8, 4) is 0 Å². The quantitative estimate of drug-likeness (QED) is 0.739. The molecular formula is C11H16Cl2N2. The van der Waals surface area contributed by atoms with Gasteiger partial charge in [0.05, 0.1) is 5.02 Å². The van der Waals surface area contributed by atoms with Crippen molar-refractivity contribution < 1.29 is 0 Å². The van der Waals surface area contributed by atoms with E-state index < -0.39 is 0 Å². The largest absolute Gasteiger partial charge is 0.353 e. The molecule has 0 aliphatic carbocycles. The highest BCUT2D eigenvalue weighted by molar-refractivity contribution is 6.32. The second-order valence-corrected chi connectivity index (χ2v) is 4.42. The van der Waals surface area contributed by atoms with E-state index in [4.69, 9.17) is 23.2 Å². The topological polar surface area (TPSA) is 16.1 Å². The van der Waals surface area contributed by atoms with E-state index >= 15 is 0 Å². The molecule has 1 aromatic heterocycles. The molecule has 84 valence electrons. The Morgan fingerprint density at radius 1 is 1.47 bits per heavy atom. The van der Waals surface area contributed by atoms with Crippen molar-refractivity contribution >= 4 is 29.0 Å². The molecule has 0 aromatic carbocycles. The van der Waals surface area contributed by atoms with Crippen LogP contribution >= 0.6 is 23.2 Å². The molecule has 0 saturated heterocycles. The maximum atomic E-state index is 6.10. The van der Waals surface area contributed by atoms with Gasteiger partial charge in [-0.25, -0.2) is 4.98 Å². The molecule has 0 aliphatic heterocycles. The first kappa shape index (κ1) is 12.6. The van der Waals surface area contributed by atoms with Gasteiger partial charge in [0, 0.05) is 24.7 Å². The SMILES string of the molecule is CC(C)N(CCCCl)c1ncccc1Cl. The van der Waals surface area contributed by atoms with Gasteiger partial charge in [0.25, 0.3) is 0 Å². The normalized spacial score (nSPS) is 10.7. The summed E-state index contributed by atoms with van der Waals surface area (Å²) in [6, 6.07) is 4.08. The molecule has 2 nitrogen and oxygen atoms in total. The predicted molar refractivity (Wildman–Crippen MR) is 67.1 cm³/mol. The van der Waals surface area contributed by atoms with Gasteiger partial charge in [-0.1, -0.05) is 11.6 Å². The molecule has 0 atom stereocenters. The van der Waals surface area contributed by atoms with Crippen molar-refractivity contribution in [2.45, 2.75) is 26.3 Å². The summed E-state index contributed by atoms with van der Waals surface area (Å²) in [7, 11) is 0. The Kier molecular flexibility index (Phi) is 5.20. The number of hydrogen-bond donors (Lipinski definition) is 0. The van der Waals surface area contributed by atoms with Crippen LogP contribution in [0.3, 0.4) is 0 Å². The van der Waals surface area contributed by atoms with Crippen LogP contribution in [0.5, 0.6) is 0 Å². The number of halogens is 2. The van der Waals surface area contributed by atoms with E-state index in [2.05, 4.69) is 23.7 Å². The monoisotopic (exact) mass is 246 g/mol. The molecule has 0 aliphatic rings. The molecule has 1 heterocycles. The smallest absolute Gasteiger partial charge is 0.147 e. The van der Waals surface area contributed by atoms with Crippen LogP contribution in [0.15, 0.2) is 18.3 Å². The van der Waals surface area contributed by atoms with Gasteiger partial charge in [-0.15, -0.1) is 11.6 Å². The van der Waals surface area contributed by atoms with Gasteiger partial charge in [-0.3, -0.25) is 0 Å². The highest BCUT2D eigenvalue weighted by atomic mass is 35.5. The van der Waals surface area contributed by atoms with Crippen LogP contribution in [0.1, 0.15) is 20.3 Å². The number of pyridine rings is 1. The van der Waals surface area contributed by atoms with Gasteiger partial charge in [0.15, 0.2) is 0 Å². The zero-order chi connectivity index (χ0) is 11.3. The average molecular weight is 247 g/mol. The van der Waals surface area contributed by atoms with Crippen LogP contribution in [0, 0.1) is 0 Å². The van der Waals surface area contributed by atoms with Crippen LogP contribution < -0.4 is 4.90 Å². The Morgan fingerprint density at radius 3 is 2.73 bits per heavy atom. The van der Waals surface area contributed by atoms with Crippen LogP contribution in [0.4, 0.5) is 5.82 Å². The van der Waals surface area contributed by atoms with Crippen molar-refractivity contribution in [3.63, 3.8) is 0 Å². The standard InChI is InChI=1S/C11H16Cl2N2/c1-9(2)15(8-4-6-12)11-10(13)5-3-7-14-11/h3,5,7,9H,4,6,8H2,1-2H3. The minimum Gasteiger partial charge on any atom is -0.353 e. The summed E-state index contributed by atoms with van der Waals surface area (Å²) in [5.74, 6) is 1.51. The fourth-order valence-electron chi connectivity index (χ4n) is 1.43. The first-order valence-electron chi connectivity index (χ1n) is 5.10. The summed E-state index contributed by atoms with van der Waals surface area (Å²) in [5.41, 5.74) is 0. The lowest BCUT2D eigenvalue weighted by Crippen LogP contribution is -2.32. The van der Waals surface area contributed by atoms with Gasteiger partial charge in [-0.2, -0.15) is 0 Å². The van der Waals surface area contributed by atoms with Crippen molar-refractivity contribution in [1.29, 1.82) is 0 Å². The third-order valence-corrected chi connectivity index (χ3v) is 2.73.